The zero-order valence-electron chi connectivity index (χ0n) is 8.38. The lowest BCUT2D eigenvalue weighted by Gasteiger charge is -1.92. The molecule has 1 heterocycles. The summed E-state index contributed by atoms with van der Waals surface area (Å²) in [4.78, 5) is 10.7. The monoisotopic (exact) mass is 218 g/mol. The minimum Gasteiger partial charge on any atom is -0.475 e. The molecule has 0 unspecified atom stereocenters. The molecule has 2 rings (SSSR count). The lowest BCUT2D eigenvalue weighted by atomic mass is 10.1. The van der Waals surface area contributed by atoms with E-state index in [1.807, 2.05) is 0 Å². The first-order valence-electron chi connectivity index (χ1n) is 4.75. The molecule has 1 aromatic heterocycles. The molecular weight excluding hydrogens is 208 g/mol. The van der Waals surface area contributed by atoms with Gasteiger partial charge < -0.3 is 14.6 Å². The molecule has 2 N–H and O–H groups in total. The van der Waals surface area contributed by atoms with Gasteiger partial charge in [-0.05, 0) is 23.8 Å². The van der Waals surface area contributed by atoms with Crippen molar-refractivity contribution in [3.05, 3.63) is 41.7 Å². The van der Waals surface area contributed by atoms with Crippen LogP contribution in [0.4, 0.5) is 0 Å². The van der Waals surface area contributed by atoms with Gasteiger partial charge in [-0.15, -0.1) is 0 Å². The number of aromatic carboxylic acids is 1. The van der Waals surface area contributed by atoms with Crippen molar-refractivity contribution in [2.75, 3.05) is 6.61 Å². The Kier molecular flexibility index (Phi) is 2.74. The average molecular weight is 218 g/mol. The van der Waals surface area contributed by atoms with Crippen LogP contribution < -0.4 is 0 Å². The third kappa shape index (κ3) is 1.97. The molecule has 0 aliphatic carbocycles. The number of hydrogen-bond donors (Lipinski definition) is 2. The van der Waals surface area contributed by atoms with Gasteiger partial charge in [-0.25, -0.2) is 4.79 Å². The number of carbonyl (C=O) groups is 1. The Hall–Kier alpha value is -2.07. The van der Waals surface area contributed by atoms with Crippen LogP contribution >= 0.6 is 0 Å². The second kappa shape index (κ2) is 4.20. The molecule has 2 aromatic rings. The van der Waals surface area contributed by atoms with Crippen LogP contribution in [0.15, 0.2) is 34.8 Å². The van der Waals surface area contributed by atoms with Gasteiger partial charge in [-0.1, -0.05) is 18.2 Å². The third-order valence-corrected chi connectivity index (χ3v) is 2.17. The average Bonchev–Trinajstić information content (AvgIpc) is 2.69. The number of benzene rings is 1. The number of aliphatic hydroxyl groups is 1. The van der Waals surface area contributed by atoms with Crippen molar-refractivity contribution >= 4 is 23.0 Å². The quantitative estimate of drug-likeness (QED) is 0.827. The lowest BCUT2D eigenvalue weighted by Crippen LogP contribution is -1.91. The minimum atomic E-state index is -1.08. The van der Waals surface area contributed by atoms with E-state index in [4.69, 9.17) is 14.6 Å². The summed E-state index contributed by atoms with van der Waals surface area (Å²) in [6.45, 7) is -0.0240. The van der Waals surface area contributed by atoms with E-state index in [9.17, 15) is 4.79 Å². The molecule has 0 spiro atoms. The van der Waals surface area contributed by atoms with Gasteiger partial charge in [0.2, 0.25) is 5.76 Å². The number of carboxylic acids is 1. The maximum absolute atomic E-state index is 10.7. The van der Waals surface area contributed by atoms with E-state index in [1.165, 1.54) is 6.07 Å². The molecule has 0 radical (unpaired) electrons. The summed E-state index contributed by atoms with van der Waals surface area (Å²) in [5.41, 5.74) is 1.43. The van der Waals surface area contributed by atoms with Gasteiger partial charge in [0.05, 0.1) is 6.61 Å². The second-order valence-electron chi connectivity index (χ2n) is 3.30. The van der Waals surface area contributed by atoms with Crippen molar-refractivity contribution in [2.45, 2.75) is 0 Å². The molecule has 0 aliphatic heterocycles. The van der Waals surface area contributed by atoms with Crippen molar-refractivity contribution in [1.82, 2.24) is 0 Å². The zero-order chi connectivity index (χ0) is 11.5. The van der Waals surface area contributed by atoms with E-state index < -0.39 is 5.97 Å². The number of rotatable bonds is 3. The van der Waals surface area contributed by atoms with E-state index in [1.54, 1.807) is 30.4 Å². The van der Waals surface area contributed by atoms with Crippen LogP contribution in [0, 0.1) is 0 Å². The maximum Gasteiger partial charge on any atom is 0.371 e. The van der Waals surface area contributed by atoms with Gasteiger partial charge in [0.15, 0.2) is 0 Å². The molecule has 0 aliphatic rings. The first kappa shape index (κ1) is 10.4. The van der Waals surface area contributed by atoms with Gasteiger partial charge in [0, 0.05) is 5.39 Å². The highest BCUT2D eigenvalue weighted by Crippen LogP contribution is 2.21. The van der Waals surface area contributed by atoms with Gasteiger partial charge in [0.1, 0.15) is 5.58 Å². The Labute approximate surface area is 91.4 Å². The predicted molar refractivity (Wildman–Crippen MR) is 59.3 cm³/mol. The molecule has 82 valence electrons. The summed E-state index contributed by atoms with van der Waals surface area (Å²) in [6, 6.07) is 6.79. The highest BCUT2D eigenvalue weighted by molar-refractivity contribution is 5.92. The van der Waals surface area contributed by atoms with E-state index in [0.29, 0.717) is 5.58 Å². The van der Waals surface area contributed by atoms with Crippen molar-refractivity contribution in [3.8, 4) is 0 Å². The standard InChI is InChI=1S/C12H10O4/c13-5-1-2-8-3-4-10-9(6-8)7-11(16-10)12(14)15/h1-4,6-7,13H,5H2,(H,14,15). The third-order valence-electron chi connectivity index (χ3n) is 2.17. The maximum atomic E-state index is 10.7. The Morgan fingerprint density at radius 2 is 2.19 bits per heavy atom. The van der Waals surface area contributed by atoms with Crippen LogP contribution in [-0.4, -0.2) is 22.8 Å². The van der Waals surface area contributed by atoms with Crippen LogP contribution in [0.25, 0.3) is 17.0 Å². The molecule has 4 heteroatoms. The van der Waals surface area contributed by atoms with Crippen molar-refractivity contribution in [1.29, 1.82) is 0 Å². The zero-order valence-corrected chi connectivity index (χ0v) is 8.38. The number of hydrogen-bond acceptors (Lipinski definition) is 3. The predicted octanol–water partition coefficient (Wildman–Crippen LogP) is 2.14. The topological polar surface area (TPSA) is 70.7 Å². The summed E-state index contributed by atoms with van der Waals surface area (Å²) in [5, 5.41) is 18.1. The van der Waals surface area contributed by atoms with E-state index in [2.05, 4.69) is 0 Å². The first-order valence-corrected chi connectivity index (χ1v) is 4.75. The van der Waals surface area contributed by atoms with Gasteiger partial charge in [-0.2, -0.15) is 0 Å². The van der Waals surface area contributed by atoms with Gasteiger partial charge >= 0.3 is 5.97 Å². The molecule has 0 atom stereocenters. The Morgan fingerprint density at radius 1 is 1.38 bits per heavy atom. The Morgan fingerprint density at radius 3 is 2.88 bits per heavy atom. The van der Waals surface area contributed by atoms with Crippen molar-refractivity contribution < 1.29 is 19.4 Å². The fraction of sp³-hybridized carbons (Fsp3) is 0.0833. The molecule has 0 saturated heterocycles. The van der Waals surface area contributed by atoms with Crippen LogP contribution in [0.3, 0.4) is 0 Å². The van der Waals surface area contributed by atoms with E-state index in [-0.39, 0.29) is 12.4 Å². The van der Waals surface area contributed by atoms with Crippen LogP contribution in [0.1, 0.15) is 16.1 Å². The van der Waals surface area contributed by atoms with Gasteiger partial charge in [-0.3, -0.25) is 0 Å². The molecule has 1 aromatic carbocycles. The number of carboxylic acid groups (broad SMARTS) is 1. The summed E-state index contributed by atoms with van der Waals surface area (Å²) >= 11 is 0. The molecule has 0 bridgehead atoms. The fourth-order valence-corrected chi connectivity index (χ4v) is 1.46. The smallest absolute Gasteiger partial charge is 0.371 e. The number of fused-ring (bicyclic) bond motifs is 1. The highest BCUT2D eigenvalue weighted by Gasteiger charge is 2.09. The summed E-state index contributed by atoms with van der Waals surface area (Å²) in [7, 11) is 0. The SMILES string of the molecule is O=C(O)c1cc2cc(C=CCO)ccc2o1. The summed E-state index contributed by atoms with van der Waals surface area (Å²) in [6.07, 6.45) is 3.37. The normalized spacial score (nSPS) is 11.3. The Bertz CT molecular complexity index is 551. The van der Waals surface area contributed by atoms with Gasteiger partial charge in [0.25, 0.3) is 0 Å². The lowest BCUT2D eigenvalue weighted by molar-refractivity contribution is 0.0665. The molecule has 4 nitrogen and oxygen atoms in total. The highest BCUT2D eigenvalue weighted by atomic mass is 16.4. The van der Waals surface area contributed by atoms with Crippen LogP contribution in [0.5, 0.6) is 0 Å². The fourth-order valence-electron chi connectivity index (χ4n) is 1.46. The van der Waals surface area contributed by atoms with Crippen LogP contribution in [0.2, 0.25) is 0 Å². The molecule has 0 fully saturated rings. The Balaban J connectivity index is 2.45. The molecular formula is C12H10O4. The molecule has 16 heavy (non-hydrogen) atoms. The number of aliphatic hydroxyl groups excluding tert-OH is 1. The first-order chi connectivity index (χ1) is 7.70. The largest absolute Gasteiger partial charge is 0.475 e. The van der Waals surface area contributed by atoms with E-state index in [0.717, 1.165) is 10.9 Å². The summed E-state index contributed by atoms with van der Waals surface area (Å²) in [5.74, 6) is -1.15. The van der Waals surface area contributed by atoms with E-state index >= 15 is 0 Å². The van der Waals surface area contributed by atoms with Crippen molar-refractivity contribution in [3.63, 3.8) is 0 Å². The summed E-state index contributed by atoms with van der Waals surface area (Å²) < 4.78 is 5.12. The van der Waals surface area contributed by atoms with Crippen LogP contribution in [-0.2, 0) is 0 Å². The minimum absolute atomic E-state index is 0.0240. The molecule has 0 amide bonds. The second-order valence-corrected chi connectivity index (χ2v) is 3.30. The van der Waals surface area contributed by atoms with Crippen molar-refractivity contribution in [2.24, 2.45) is 0 Å². The molecule has 0 saturated carbocycles. The number of furan rings is 1.